The van der Waals surface area contributed by atoms with Gasteiger partial charge in [0.05, 0.1) is 5.69 Å². The topological polar surface area (TPSA) is 25.8 Å². The largest absolute Gasteiger partial charge is 0.237 e. The highest BCUT2D eigenvalue weighted by atomic mass is 32.2. The smallest absolute Gasteiger partial charge is 0.159 e. The van der Waals surface area contributed by atoms with Gasteiger partial charge >= 0.3 is 0 Å². The zero-order valence-corrected chi connectivity index (χ0v) is 21.9. The minimum absolute atomic E-state index is 0.744. The van der Waals surface area contributed by atoms with Gasteiger partial charge in [0.25, 0.3) is 0 Å². The zero-order chi connectivity index (χ0) is 25.1. The maximum absolute atomic E-state index is 5.09. The molecule has 0 N–H and O–H groups in total. The van der Waals surface area contributed by atoms with Crippen LogP contribution in [-0.2, 0) is 0 Å². The van der Waals surface area contributed by atoms with E-state index >= 15 is 0 Å². The Balaban J connectivity index is 1.28. The Labute approximate surface area is 228 Å². The van der Waals surface area contributed by atoms with Gasteiger partial charge in [-0.2, -0.15) is 0 Å². The van der Waals surface area contributed by atoms with Crippen LogP contribution in [0.5, 0.6) is 0 Å². The SMILES string of the molecule is c1ccc2c(c1)Sc1cccc(-c3ccnc(-c4ccc5c6ccccc6c6ccccc6c5c4)n3)c1S2. The lowest BCUT2D eigenvalue weighted by Gasteiger charge is -2.20. The van der Waals surface area contributed by atoms with Crippen molar-refractivity contribution in [2.45, 2.75) is 19.6 Å². The normalized spacial score (nSPS) is 12.5. The molecule has 8 rings (SSSR count). The lowest BCUT2D eigenvalue weighted by molar-refractivity contribution is 1.13. The monoisotopic (exact) mass is 520 g/mol. The molecule has 0 aliphatic carbocycles. The lowest BCUT2D eigenvalue weighted by atomic mass is 9.93. The first-order chi connectivity index (χ1) is 18.8. The third-order valence-corrected chi connectivity index (χ3v) is 9.81. The van der Waals surface area contributed by atoms with Crippen LogP contribution in [0.3, 0.4) is 0 Å². The van der Waals surface area contributed by atoms with Crippen LogP contribution in [0.1, 0.15) is 0 Å². The average Bonchev–Trinajstić information content (AvgIpc) is 2.99. The van der Waals surface area contributed by atoms with Gasteiger partial charge in [0, 0.05) is 36.9 Å². The van der Waals surface area contributed by atoms with Crippen LogP contribution < -0.4 is 0 Å². The second kappa shape index (κ2) is 8.73. The highest BCUT2D eigenvalue weighted by Gasteiger charge is 2.21. The van der Waals surface area contributed by atoms with Crippen molar-refractivity contribution in [1.29, 1.82) is 0 Å². The molecule has 0 fully saturated rings. The summed E-state index contributed by atoms with van der Waals surface area (Å²) >= 11 is 3.66. The maximum atomic E-state index is 5.09. The molecule has 0 amide bonds. The van der Waals surface area contributed by atoms with Crippen LogP contribution in [0.25, 0.3) is 55.0 Å². The summed E-state index contributed by atoms with van der Waals surface area (Å²) < 4.78 is 0. The number of nitrogens with zero attached hydrogens (tertiary/aromatic N) is 2. The molecule has 2 nitrogen and oxygen atoms in total. The molecule has 38 heavy (non-hydrogen) atoms. The van der Waals surface area contributed by atoms with Crippen LogP contribution in [0, 0.1) is 0 Å². The van der Waals surface area contributed by atoms with E-state index in [0.29, 0.717) is 0 Å². The van der Waals surface area contributed by atoms with E-state index in [1.54, 1.807) is 0 Å². The van der Waals surface area contributed by atoms with Gasteiger partial charge in [0.1, 0.15) is 0 Å². The fourth-order valence-electron chi connectivity index (χ4n) is 5.44. The first kappa shape index (κ1) is 21.9. The van der Waals surface area contributed by atoms with E-state index in [1.165, 1.54) is 51.9 Å². The van der Waals surface area contributed by atoms with Crippen molar-refractivity contribution in [3.63, 3.8) is 0 Å². The summed E-state index contributed by atoms with van der Waals surface area (Å²) in [6.07, 6.45) is 1.88. The minimum atomic E-state index is 0.744. The molecule has 2 heterocycles. The van der Waals surface area contributed by atoms with Crippen LogP contribution in [0.2, 0.25) is 0 Å². The Morgan fingerprint density at radius 3 is 1.82 bits per heavy atom. The van der Waals surface area contributed by atoms with Gasteiger partial charge < -0.3 is 0 Å². The summed E-state index contributed by atoms with van der Waals surface area (Å²) in [5.74, 6) is 0.744. The summed E-state index contributed by atoms with van der Waals surface area (Å²) in [5, 5.41) is 7.56. The number of hydrogen-bond acceptors (Lipinski definition) is 4. The molecule has 0 bridgehead atoms. The van der Waals surface area contributed by atoms with Crippen molar-refractivity contribution in [3.05, 3.63) is 121 Å². The molecule has 1 aliphatic heterocycles. The Morgan fingerprint density at radius 1 is 0.474 bits per heavy atom. The van der Waals surface area contributed by atoms with Gasteiger partial charge in [-0.3, -0.25) is 0 Å². The van der Waals surface area contributed by atoms with E-state index in [2.05, 4.69) is 109 Å². The van der Waals surface area contributed by atoms with Crippen LogP contribution >= 0.6 is 23.5 Å². The van der Waals surface area contributed by atoms with Gasteiger partial charge in [0.2, 0.25) is 0 Å². The first-order valence-electron chi connectivity index (χ1n) is 12.6. The number of aromatic nitrogens is 2. The highest BCUT2D eigenvalue weighted by Crippen LogP contribution is 2.51. The van der Waals surface area contributed by atoms with Crippen molar-refractivity contribution in [2.75, 3.05) is 0 Å². The molecule has 0 unspecified atom stereocenters. The summed E-state index contributed by atoms with van der Waals surface area (Å²) in [4.78, 5) is 14.9. The number of benzene rings is 6. The standard InChI is InChI=1S/C34H20N2S2/c1-2-10-24-22(8-1)23-9-3-4-11-25(23)28-20-21(16-17-26(24)28)34-35-19-18-29(36-34)27-12-7-15-32-33(27)38-31-14-6-5-13-30(31)37-32/h1-20H. The molecule has 0 radical (unpaired) electrons. The molecular formula is C34H20N2S2. The summed E-state index contributed by atoms with van der Waals surface area (Å²) in [6.45, 7) is 0. The van der Waals surface area contributed by atoms with E-state index in [9.17, 15) is 0 Å². The lowest BCUT2D eigenvalue weighted by Crippen LogP contribution is -1.96. The predicted molar refractivity (Wildman–Crippen MR) is 160 cm³/mol. The molecule has 7 aromatic rings. The summed E-state index contributed by atoms with van der Waals surface area (Å²) in [7, 11) is 0. The Kier molecular flexibility index (Phi) is 5.03. The molecule has 0 saturated carbocycles. The molecule has 1 aliphatic rings. The molecule has 1 aromatic heterocycles. The van der Waals surface area contributed by atoms with Crippen LogP contribution in [0.15, 0.2) is 141 Å². The number of hydrogen-bond donors (Lipinski definition) is 0. The minimum Gasteiger partial charge on any atom is -0.237 e. The summed E-state index contributed by atoms with van der Waals surface area (Å²) in [6, 6.07) is 41.1. The Morgan fingerprint density at radius 2 is 1.08 bits per heavy atom. The summed E-state index contributed by atoms with van der Waals surface area (Å²) in [5.41, 5.74) is 3.12. The molecule has 178 valence electrons. The first-order valence-corrected chi connectivity index (χ1v) is 14.2. The van der Waals surface area contributed by atoms with Gasteiger partial charge in [-0.1, -0.05) is 108 Å². The van der Waals surface area contributed by atoms with E-state index < -0.39 is 0 Å². The van der Waals surface area contributed by atoms with Gasteiger partial charge in [-0.15, -0.1) is 0 Å². The van der Waals surface area contributed by atoms with E-state index in [0.717, 1.165) is 22.6 Å². The predicted octanol–water partition coefficient (Wildman–Crippen LogP) is 9.89. The van der Waals surface area contributed by atoms with Crippen LogP contribution in [-0.4, -0.2) is 9.97 Å². The van der Waals surface area contributed by atoms with E-state index in [-0.39, 0.29) is 0 Å². The highest BCUT2D eigenvalue weighted by molar-refractivity contribution is 8.05. The second-order valence-corrected chi connectivity index (χ2v) is 11.5. The van der Waals surface area contributed by atoms with Gasteiger partial charge in [-0.05, 0) is 62.6 Å². The van der Waals surface area contributed by atoms with E-state index in [4.69, 9.17) is 9.97 Å². The van der Waals surface area contributed by atoms with Gasteiger partial charge in [-0.25, -0.2) is 9.97 Å². The second-order valence-electron chi connectivity index (χ2n) is 9.40. The van der Waals surface area contributed by atoms with Gasteiger partial charge in [0.15, 0.2) is 5.82 Å². The Bertz CT molecular complexity index is 2010. The molecular weight excluding hydrogens is 501 g/mol. The molecule has 0 saturated heterocycles. The van der Waals surface area contributed by atoms with E-state index in [1.807, 2.05) is 35.8 Å². The molecule has 4 heteroatoms. The third-order valence-electron chi connectivity index (χ3n) is 7.19. The fraction of sp³-hybridized carbons (Fsp3) is 0. The van der Waals surface area contributed by atoms with Crippen molar-refractivity contribution in [3.8, 4) is 22.6 Å². The van der Waals surface area contributed by atoms with Crippen molar-refractivity contribution >= 4 is 55.8 Å². The quantitative estimate of drug-likeness (QED) is 0.212. The molecule has 0 spiro atoms. The third kappa shape index (κ3) is 3.45. The van der Waals surface area contributed by atoms with Crippen molar-refractivity contribution in [1.82, 2.24) is 9.97 Å². The average molecular weight is 521 g/mol. The van der Waals surface area contributed by atoms with Crippen molar-refractivity contribution in [2.24, 2.45) is 0 Å². The Hall–Kier alpha value is -4.12. The zero-order valence-electron chi connectivity index (χ0n) is 20.3. The number of fused-ring (bicyclic) bond motifs is 8. The fourth-order valence-corrected chi connectivity index (χ4v) is 7.83. The molecule has 0 atom stereocenters. The molecule has 6 aromatic carbocycles. The van der Waals surface area contributed by atoms with Crippen LogP contribution in [0.4, 0.5) is 0 Å². The van der Waals surface area contributed by atoms with Crippen molar-refractivity contribution < 1.29 is 0 Å². The maximum Gasteiger partial charge on any atom is 0.159 e. The number of rotatable bonds is 2.